The number of halogens is 5. The highest BCUT2D eigenvalue weighted by Gasteiger charge is 2.44. The van der Waals surface area contributed by atoms with Crippen LogP contribution in [0.25, 0.3) is 0 Å². The van der Waals surface area contributed by atoms with E-state index in [0.717, 1.165) is 23.9 Å². The first-order valence-corrected chi connectivity index (χ1v) is 10.4. The molecule has 0 saturated carbocycles. The van der Waals surface area contributed by atoms with E-state index in [-0.39, 0.29) is 24.1 Å². The summed E-state index contributed by atoms with van der Waals surface area (Å²) in [5.74, 6) is -0.796. The van der Waals surface area contributed by atoms with Gasteiger partial charge in [-0.1, -0.05) is 35.3 Å². The number of allylic oxidation sites excluding steroid dienone is 1. The predicted octanol–water partition coefficient (Wildman–Crippen LogP) is 4.60. The van der Waals surface area contributed by atoms with Crippen LogP contribution in [-0.4, -0.2) is 47.1 Å². The van der Waals surface area contributed by atoms with E-state index >= 15 is 0 Å². The van der Waals surface area contributed by atoms with Crippen LogP contribution in [0.4, 0.5) is 13.2 Å². The summed E-state index contributed by atoms with van der Waals surface area (Å²) in [5, 5.41) is 2.74. The lowest BCUT2D eigenvalue weighted by Crippen LogP contribution is -2.52. The van der Waals surface area contributed by atoms with Crippen molar-refractivity contribution in [3.63, 3.8) is 0 Å². The maximum atomic E-state index is 13.0. The summed E-state index contributed by atoms with van der Waals surface area (Å²) < 4.78 is 40.7. The van der Waals surface area contributed by atoms with Gasteiger partial charge in [0.2, 0.25) is 5.70 Å². The second kappa shape index (κ2) is 8.26. The molecule has 0 saturated heterocycles. The Kier molecular flexibility index (Phi) is 5.77. The van der Waals surface area contributed by atoms with Crippen LogP contribution in [0.3, 0.4) is 0 Å². The van der Waals surface area contributed by atoms with Crippen molar-refractivity contribution in [3.05, 3.63) is 80.6 Å². The van der Waals surface area contributed by atoms with E-state index in [1.807, 2.05) is 0 Å². The first-order chi connectivity index (χ1) is 15.1. The molecule has 0 radical (unpaired) electrons. The molecule has 1 unspecified atom stereocenters. The molecule has 10 heteroatoms. The van der Waals surface area contributed by atoms with E-state index in [2.05, 4.69) is 5.32 Å². The second-order valence-corrected chi connectivity index (χ2v) is 8.27. The van der Waals surface area contributed by atoms with Gasteiger partial charge in [0.15, 0.2) is 11.9 Å². The van der Waals surface area contributed by atoms with Crippen molar-refractivity contribution in [1.82, 2.24) is 10.2 Å². The molecule has 1 atom stereocenters. The summed E-state index contributed by atoms with van der Waals surface area (Å²) in [5.41, 5.74) is 0.746. The third-order valence-corrected chi connectivity index (χ3v) is 6.05. The zero-order chi connectivity index (χ0) is 23.2. The Labute approximate surface area is 191 Å². The summed E-state index contributed by atoms with van der Waals surface area (Å²) in [6, 6.07) is 9.29. The van der Waals surface area contributed by atoms with Crippen LogP contribution >= 0.6 is 23.2 Å². The Morgan fingerprint density at radius 3 is 2.47 bits per heavy atom. The number of hydrogen-bond acceptors (Lipinski definition) is 2. The van der Waals surface area contributed by atoms with Gasteiger partial charge in [-0.25, -0.2) is 0 Å². The smallest absolute Gasteiger partial charge is 0.339 e. The van der Waals surface area contributed by atoms with Crippen molar-refractivity contribution in [2.75, 3.05) is 13.6 Å². The molecular formula is C22H17Cl2F3N3O2+. The third kappa shape index (κ3) is 4.00. The summed E-state index contributed by atoms with van der Waals surface area (Å²) in [4.78, 5) is 27.2. The molecule has 2 aliphatic rings. The lowest BCUT2D eigenvalue weighted by Gasteiger charge is -2.35. The summed E-state index contributed by atoms with van der Waals surface area (Å²) in [6.07, 6.45) is -2.45. The molecule has 2 aliphatic heterocycles. The molecule has 0 bridgehead atoms. The lowest BCUT2D eigenvalue weighted by molar-refractivity contribution is -0.460. The van der Waals surface area contributed by atoms with Gasteiger partial charge in [0.05, 0.1) is 21.2 Å². The highest BCUT2D eigenvalue weighted by Crippen LogP contribution is 2.36. The third-order valence-electron chi connectivity index (χ3n) is 5.41. The normalized spacial score (nSPS) is 18.0. The molecule has 32 heavy (non-hydrogen) atoms. The van der Waals surface area contributed by atoms with Crippen molar-refractivity contribution in [2.24, 2.45) is 0 Å². The van der Waals surface area contributed by atoms with Crippen LogP contribution < -0.4 is 5.32 Å². The number of carbonyl (C=O) groups excluding carboxylic acids is 2. The molecule has 2 amide bonds. The van der Waals surface area contributed by atoms with Crippen LogP contribution in [0.1, 0.15) is 32.7 Å². The molecule has 166 valence electrons. The van der Waals surface area contributed by atoms with Gasteiger partial charge in [-0.3, -0.25) is 14.5 Å². The number of amides is 2. The summed E-state index contributed by atoms with van der Waals surface area (Å²) in [7, 11) is 1.79. The zero-order valence-corrected chi connectivity index (χ0v) is 18.2. The van der Waals surface area contributed by atoms with Crippen LogP contribution in [0.5, 0.6) is 0 Å². The maximum absolute atomic E-state index is 13.0. The van der Waals surface area contributed by atoms with Gasteiger partial charge < -0.3 is 5.32 Å². The number of alkyl halides is 3. The fourth-order valence-electron chi connectivity index (χ4n) is 3.85. The van der Waals surface area contributed by atoms with Crippen LogP contribution in [-0.2, 0) is 6.18 Å². The average Bonchev–Trinajstić information content (AvgIpc) is 2.71. The van der Waals surface area contributed by atoms with Crippen molar-refractivity contribution in [1.29, 1.82) is 0 Å². The monoisotopic (exact) mass is 482 g/mol. The Morgan fingerprint density at radius 1 is 1.12 bits per heavy atom. The Bertz CT molecular complexity index is 1190. The van der Waals surface area contributed by atoms with Crippen molar-refractivity contribution in [3.8, 4) is 0 Å². The average molecular weight is 483 g/mol. The molecule has 0 aliphatic carbocycles. The topological polar surface area (TPSA) is 52.4 Å². The Morgan fingerprint density at radius 2 is 1.84 bits per heavy atom. The van der Waals surface area contributed by atoms with E-state index in [4.69, 9.17) is 23.2 Å². The fraction of sp³-hybridized carbons (Fsp3) is 0.227. The molecule has 2 aromatic carbocycles. The number of hydrogen-bond donors (Lipinski definition) is 1. The van der Waals surface area contributed by atoms with Crippen LogP contribution in [0.2, 0.25) is 10.0 Å². The van der Waals surface area contributed by atoms with Crippen LogP contribution in [0.15, 0.2) is 53.9 Å². The number of carbonyl (C=O) groups is 2. The molecule has 0 spiro atoms. The molecule has 1 N–H and O–H groups in total. The maximum Gasteiger partial charge on any atom is 0.417 e. The summed E-state index contributed by atoms with van der Waals surface area (Å²) in [6.45, 7) is 0.272. The number of nitrogens with one attached hydrogen (secondary N) is 1. The van der Waals surface area contributed by atoms with E-state index in [1.165, 1.54) is 4.90 Å². The highest BCUT2D eigenvalue weighted by molar-refractivity contribution is 6.33. The van der Waals surface area contributed by atoms with Gasteiger partial charge in [0.1, 0.15) is 13.1 Å². The molecule has 2 heterocycles. The van der Waals surface area contributed by atoms with E-state index < -0.39 is 22.7 Å². The predicted molar refractivity (Wildman–Crippen MR) is 114 cm³/mol. The molecule has 0 fully saturated rings. The standard InChI is InChI=1S/C22H16Cl2F3N3O2/c1-29-11-18-19(29)17(28-20(31)13-4-2-3-5-15(13)23)8-9-30(18)21(32)12-6-7-14(16(24)10-12)22(25,26)27/h2-7,10-11,17H,8-9H2,1H3/p+1. The van der Waals surface area contributed by atoms with E-state index in [9.17, 15) is 22.8 Å². The van der Waals surface area contributed by atoms with Crippen molar-refractivity contribution < 1.29 is 27.3 Å². The Balaban J connectivity index is 1.56. The number of rotatable bonds is 3. The van der Waals surface area contributed by atoms with Gasteiger partial charge in [-0.2, -0.15) is 17.7 Å². The van der Waals surface area contributed by atoms with Gasteiger partial charge in [-0.15, -0.1) is 0 Å². The van der Waals surface area contributed by atoms with Gasteiger partial charge in [-0.05, 0) is 36.8 Å². The van der Waals surface area contributed by atoms with Crippen molar-refractivity contribution >= 4 is 41.2 Å². The first-order valence-electron chi connectivity index (χ1n) is 9.64. The zero-order valence-electron chi connectivity index (χ0n) is 16.7. The number of benzene rings is 2. The van der Waals surface area contributed by atoms with Crippen LogP contribution in [0, 0.1) is 0 Å². The quantitative estimate of drug-likeness (QED) is 0.650. The minimum atomic E-state index is -4.60. The molecule has 4 rings (SSSR count). The minimum Gasteiger partial charge on any atom is -0.339 e. The van der Waals surface area contributed by atoms with E-state index in [1.54, 1.807) is 42.1 Å². The number of nitrogens with zero attached hydrogens (tertiary/aromatic N) is 2. The van der Waals surface area contributed by atoms with Gasteiger partial charge in [0.25, 0.3) is 11.8 Å². The molecule has 0 aromatic heterocycles. The second-order valence-electron chi connectivity index (χ2n) is 7.45. The minimum absolute atomic E-state index is 0.0522. The molecule has 2 aromatic rings. The number of likely N-dealkylation sites (N-methyl/N-ethyl adjacent to an activating group) is 1. The summed E-state index contributed by atoms with van der Waals surface area (Å²) >= 11 is 11.9. The first kappa shape index (κ1) is 22.4. The largest absolute Gasteiger partial charge is 0.417 e. The van der Waals surface area contributed by atoms with Crippen molar-refractivity contribution in [2.45, 2.75) is 18.6 Å². The Hall–Kier alpha value is -2.84. The molecular weight excluding hydrogens is 466 g/mol. The SMILES string of the molecule is C[N+]1=CC2=C1C(NC(=O)c1ccccc1Cl)CCN2C(=O)c1ccc(C(F)(F)F)c(Cl)c1. The molecule has 5 nitrogen and oxygen atoms in total. The van der Waals surface area contributed by atoms with E-state index in [0.29, 0.717) is 22.7 Å². The fourth-order valence-corrected chi connectivity index (χ4v) is 4.36. The van der Waals surface area contributed by atoms with Gasteiger partial charge in [0, 0.05) is 12.1 Å². The lowest BCUT2D eigenvalue weighted by atomic mass is 9.97. The van der Waals surface area contributed by atoms with Gasteiger partial charge >= 0.3 is 6.18 Å². The highest BCUT2D eigenvalue weighted by atomic mass is 35.5.